The molecule has 0 aliphatic carbocycles. The topological polar surface area (TPSA) is 71.1 Å². The summed E-state index contributed by atoms with van der Waals surface area (Å²) in [6.45, 7) is 10.4. The van der Waals surface area contributed by atoms with E-state index >= 15 is 0 Å². The Bertz CT molecular complexity index is 444. The highest BCUT2D eigenvalue weighted by atomic mass is 16.6. The third kappa shape index (κ3) is 6.82. The Morgan fingerprint density at radius 3 is 2.56 bits per heavy atom. The van der Waals surface area contributed by atoms with Gasteiger partial charge in [-0.3, -0.25) is 4.79 Å². The summed E-state index contributed by atoms with van der Waals surface area (Å²) < 4.78 is 10.8. The molecule has 1 N–H and O–H groups in total. The summed E-state index contributed by atoms with van der Waals surface area (Å²) in [4.78, 5) is 28.2. The molecule has 0 spiro atoms. The third-order valence-corrected chi connectivity index (χ3v) is 4.51. The van der Waals surface area contributed by atoms with E-state index in [1.807, 2.05) is 30.6 Å². The molecule has 25 heavy (non-hydrogen) atoms. The molecule has 0 saturated carbocycles. The number of hydrogen-bond donors (Lipinski definition) is 1. The molecule has 0 aromatic rings. The average molecular weight is 355 g/mol. The van der Waals surface area contributed by atoms with Crippen LogP contribution in [0.1, 0.15) is 46.5 Å². The number of carbonyl (C=O) groups is 2. The highest BCUT2D eigenvalue weighted by molar-refractivity contribution is 5.76. The van der Waals surface area contributed by atoms with Gasteiger partial charge in [0, 0.05) is 45.2 Å². The number of hydrogen-bond acceptors (Lipinski definition) is 5. The minimum absolute atomic E-state index is 0.141. The Morgan fingerprint density at radius 1 is 1.16 bits per heavy atom. The summed E-state index contributed by atoms with van der Waals surface area (Å²) >= 11 is 0. The van der Waals surface area contributed by atoms with Crippen LogP contribution < -0.4 is 5.32 Å². The molecule has 2 rings (SSSR count). The number of likely N-dealkylation sites (tertiary alicyclic amines) is 1. The molecule has 2 amide bonds. The maximum absolute atomic E-state index is 12.4. The van der Waals surface area contributed by atoms with Gasteiger partial charge in [-0.05, 0) is 40.0 Å². The quantitative estimate of drug-likeness (QED) is 0.759. The van der Waals surface area contributed by atoms with Crippen molar-refractivity contribution < 1.29 is 19.1 Å². The van der Waals surface area contributed by atoms with Crippen molar-refractivity contribution in [2.75, 3.05) is 45.9 Å². The molecular weight excluding hydrogens is 322 g/mol. The van der Waals surface area contributed by atoms with E-state index in [0.29, 0.717) is 45.8 Å². The largest absolute Gasteiger partial charge is 0.444 e. The van der Waals surface area contributed by atoms with Crippen LogP contribution in [0.2, 0.25) is 0 Å². The zero-order valence-corrected chi connectivity index (χ0v) is 15.9. The summed E-state index contributed by atoms with van der Waals surface area (Å²) in [7, 11) is 0. The van der Waals surface area contributed by atoms with E-state index in [-0.39, 0.29) is 18.0 Å². The van der Waals surface area contributed by atoms with Crippen LogP contribution in [0.3, 0.4) is 0 Å². The minimum Gasteiger partial charge on any atom is -0.444 e. The van der Waals surface area contributed by atoms with E-state index in [0.717, 1.165) is 25.8 Å². The number of nitrogens with one attached hydrogen (secondary N) is 1. The Kier molecular flexibility index (Phi) is 7.50. The van der Waals surface area contributed by atoms with Crippen LogP contribution in [0.25, 0.3) is 0 Å². The van der Waals surface area contributed by atoms with Gasteiger partial charge in [-0.15, -0.1) is 0 Å². The summed E-state index contributed by atoms with van der Waals surface area (Å²) in [6, 6.07) is 0.141. The second-order valence-electron chi connectivity index (χ2n) is 7.77. The van der Waals surface area contributed by atoms with Gasteiger partial charge < -0.3 is 24.6 Å². The van der Waals surface area contributed by atoms with Crippen molar-refractivity contribution in [3.05, 3.63) is 0 Å². The van der Waals surface area contributed by atoms with Crippen LogP contribution >= 0.6 is 0 Å². The lowest BCUT2D eigenvalue weighted by atomic mass is 10.0. The molecule has 0 aromatic carbocycles. The van der Waals surface area contributed by atoms with Crippen molar-refractivity contribution in [1.82, 2.24) is 15.1 Å². The monoisotopic (exact) mass is 355 g/mol. The van der Waals surface area contributed by atoms with Crippen molar-refractivity contribution in [1.29, 1.82) is 0 Å². The normalized spacial score (nSPS) is 22.0. The molecular formula is C18H33N3O4. The van der Waals surface area contributed by atoms with E-state index in [4.69, 9.17) is 9.47 Å². The van der Waals surface area contributed by atoms with Crippen molar-refractivity contribution in [2.24, 2.45) is 0 Å². The van der Waals surface area contributed by atoms with Gasteiger partial charge in [-0.25, -0.2) is 4.79 Å². The van der Waals surface area contributed by atoms with Gasteiger partial charge in [-0.2, -0.15) is 0 Å². The highest BCUT2D eigenvalue weighted by Gasteiger charge is 2.30. The van der Waals surface area contributed by atoms with Crippen molar-refractivity contribution in [2.45, 2.75) is 58.1 Å². The van der Waals surface area contributed by atoms with Gasteiger partial charge in [0.05, 0.1) is 13.2 Å². The Morgan fingerprint density at radius 2 is 1.88 bits per heavy atom. The minimum atomic E-state index is -0.475. The van der Waals surface area contributed by atoms with Crippen LogP contribution in [0.4, 0.5) is 4.79 Å². The lowest BCUT2D eigenvalue weighted by Crippen LogP contribution is -2.50. The first kappa shape index (κ1) is 20.0. The second-order valence-corrected chi connectivity index (χ2v) is 7.77. The maximum Gasteiger partial charge on any atom is 0.410 e. The molecule has 2 saturated heterocycles. The maximum atomic E-state index is 12.4. The molecule has 0 radical (unpaired) electrons. The fourth-order valence-electron chi connectivity index (χ4n) is 3.21. The first-order valence-electron chi connectivity index (χ1n) is 9.43. The van der Waals surface area contributed by atoms with Crippen LogP contribution in [-0.4, -0.2) is 79.4 Å². The fourth-order valence-corrected chi connectivity index (χ4v) is 3.21. The number of nitrogens with zero attached hydrogens (tertiary/aromatic N) is 2. The SMILES string of the molecule is CC(C)(C)OC(=O)N1CCCCC1CNCCC(=O)N1CCOCC1. The summed E-state index contributed by atoms with van der Waals surface area (Å²) in [5.74, 6) is 0.170. The summed E-state index contributed by atoms with van der Waals surface area (Å²) in [5, 5.41) is 3.34. The molecule has 2 aliphatic rings. The molecule has 2 fully saturated rings. The van der Waals surface area contributed by atoms with Crippen LogP contribution in [0.15, 0.2) is 0 Å². The lowest BCUT2D eigenvalue weighted by Gasteiger charge is -2.37. The fraction of sp³-hybridized carbons (Fsp3) is 0.889. The number of rotatable bonds is 5. The average Bonchev–Trinajstić information content (AvgIpc) is 2.58. The molecule has 2 aliphatic heterocycles. The van der Waals surface area contributed by atoms with E-state index in [9.17, 15) is 9.59 Å². The molecule has 0 bridgehead atoms. The number of ether oxygens (including phenoxy) is 2. The van der Waals surface area contributed by atoms with Gasteiger partial charge in [-0.1, -0.05) is 0 Å². The Balaban J connectivity index is 1.72. The molecule has 7 nitrogen and oxygen atoms in total. The molecule has 1 atom stereocenters. The third-order valence-electron chi connectivity index (χ3n) is 4.51. The standard InChI is InChI=1S/C18H33N3O4/c1-18(2,3)25-17(23)21-9-5-4-6-15(21)14-19-8-7-16(22)20-10-12-24-13-11-20/h15,19H,4-14H2,1-3H3. The van der Waals surface area contributed by atoms with Crippen molar-refractivity contribution in [3.63, 3.8) is 0 Å². The number of piperidine rings is 1. The predicted octanol–water partition coefficient (Wildman–Crippen LogP) is 1.61. The zero-order valence-electron chi connectivity index (χ0n) is 15.9. The van der Waals surface area contributed by atoms with Gasteiger partial charge in [0.25, 0.3) is 0 Å². The molecule has 2 heterocycles. The van der Waals surface area contributed by atoms with E-state index < -0.39 is 5.60 Å². The van der Waals surface area contributed by atoms with Crippen LogP contribution in [-0.2, 0) is 14.3 Å². The van der Waals surface area contributed by atoms with Gasteiger partial charge in [0.1, 0.15) is 5.60 Å². The van der Waals surface area contributed by atoms with Gasteiger partial charge in [0.2, 0.25) is 5.91 Å². The van der Waals surface area contributed by atoms with Crippen LogP contribution in [0, 0.1) is 0 Å². The van der Waals surface area contributed by atoms with Crippen molar-refractivity contribution in [3.8, 4) is 0 Å². The first-order chi connectivity index (χ1) is 11.9. The Labute approximate surface area is 151 Å². The van der Waals surface area contributed by atoms with Crippen molar-refractivity contribution >= 4 is 12.0 Å². The second kappa shape index (κ2) is 9.38. The van der Waals surface area contributed by atoms with E-state index in [1.165, 1.54) is 0 Å². The first-order valence-corrected chi connectivity index (χ1v) is 9.43. The van der Waals surface area contributed by atoms with E-state index in [1.54, 1.807) is 0 Å². The summed E-state index contributed by atoms with van der Waals surface area (Å²) in [5.41, 5.74) is -0.475. The smallest absolute Gasteiger partial charge is 0.410 e. The number of amides is 2. The lowest BCUT2D eigenvalue weighted by molar-refractivity contribution is -0.135. The zero-order chi connectivity index (χ0) is 18.3. The van der Waals surface area contributed by atoms with Gasteiger partial charge in [0.15, 0.2) is 0 Å². The number of carbonyl (C=O) groups excluding carboxylic acids is 2. The predicted molar refractivity (Wildman–Crippen MR) is 95.5 cm³/mol. The molecule has 7 heteroatoms. The molecule has 144 valence electrons. The molecule has 1 unspecified atom stereocenters. The number of morpholine rings is 1. The van der Waals surface area contributed by atoms with Crippen LogP contribution in [0.5, 0.6) is 0 Å². The summed E-state index contributed by atoms with van der Waals surface area (Å²) in [6.07, 6.45) is 3.37. The molecule has 0 aromatic heterocycles. The highest BCUT2D eigenvalue weighted by Crippen LogP contribution is 2.20. The Hall–Kier alpha value is -1.34. The van der Waals surface area contributed by atoms with Gasteiger partial charge >= 0.3 is 6.09 Å². The van der Waals surface area contributed by atoms with E-state index in [2.05, 4.69) is 5.32 Å².